The number of benzene rings is 2. The topological polar surface area (TPSA) is 18.5 Å². The molecule has 2 aromatic rings. The van der Waals surface area contributed by atoms with Crippen LogP contribution in [0.3, 0.4) is 0 Å². The molecule has 0 saturated heterocycles. The van der Waals surface area contributed by atoms with Gasteiger partial charge in [0.15, 0.2) is 0 Å². The standard InChI is InChI=1S/C16H18O2S/c1-17-13-14-6-5-7-15(12-14)18-10-11-19-16-8-3-2-4-9-16/h2-9,12H,10-11,13H2,1H3. The Morgan fingerprint density at radius 3 is 2.63 bits per heavy atom. The highest BCUT2D eigenvalue weighted by Gasteiger charge is 1.97. The molecule has 0 atom stereocenters. The molecule has 2 nitrogen and oxygen atoms in total. The van der Waals surface area contributed by atoms with E-state index in [9.17, 15) is 0 Å². The Balaban J connectivity index is 1.75. The molecular formula is C16H18O2S. The number of hydrogen-bond acceptors (Lipinski definition) is 3. The van der Waals surface area contributed by atoms with Crippen molar-refractivity contribution in [1.29, 1.82) is 0 Å². The first-order valence-electron chi connectivity index (χ1n) is 6.27. The van der Waals surface area contributed by atoms with Crippen LogP contribution in [0.4, 0.5) is 0 Å². The molecule has 3 heteroatoms. The van der Waals surface area contributed by atoms with Crippen LogP contribution < -0.4 is 4.74 Å². The van der Waals surface area contributed by atoms with E-state index < -0.39 is 0 Å². The fourth-order valence-corrected chi connectivity index (χ4v) is 2.48. The van der Waals surface area contributed by atoms with E-state index in [0.717, 1.165) is 17.1 Å². The SMILES string of the molecule is COCc1cccc(OCCSc2ccccc2)c1. The average Bonchev–Trinajstić information content (AvgIpc) is 2.46. The lowest BCUT2D eigenvalue weighted by Crippen LogP contribution is -2.00. The summed E-state index contributed by atoms with van der Waals surface area (Å²) in [5, 5.41) is 0. The summed E-state index contributed by atoms with van der Waals surface area (Å²) in [6.45, 7) is 1.33. The van der Waals surface area contributed by atoms with Crippen molar-refractivity contribution in [3.8, 4) is 5.75 Å². The number of hydrogen-bond donors (Lipinski definition) is 0. The highest BCUT2D eigenvalue weighted by molar-refractivity contribution is 7.99. The van der Waals surface area contributed by atoms with E-state index in [1.807, 2.05) is 30.3 Å². The Kier molecular flexibility index (Phi) is 5.79. The Morgan fingerprint density at radius 1 is 1.00 bits per heavy atom. The molecular weight excluding hydrogens is 256 g/mol. The largest absolute Gasteiger partial charge is 0.493 e. The van der Waals surface area contributed by atoms with E-state index in [4.69, 9.17) is 9.47 Å². The average molecular weight is 274 g/mol. The predicted octanol–water partition coefficient (Wildman–Crippen LogP) is 4.00. The van der Waals surface area contributed by atoms with Crippen molar-refractivity contribution in [3.05, 3.63) is 60.2 Å². The van der Waals surface area contributed by atoms with Gasteiger partial charge in [-0.15, -0.1) is 11.8 Å². The van der Waals surface area contributed by atoms with Crippen LogP contribution in [-0.4, -0.2) is 19.5 Å². The van der Waals surface area contributed by atoms with Gasteiger partial charge in [0.2, 0.25) is 0 Å². The monoisotopic (exact) mass is 274 g/mol. The molecule has 0 aromatic heterocycles. The molecule has 19 heavy (non-hydrogen) atoms. The van der Waals surface area contributed by atoms with Crippen LogP contribution in [0.15, 0.2) is 59.5 Å². The minimum absolute atomic E-state index is 0.621. The van der Waals surface area contributed by atoms with Crippen molar-refractivity contribution < 1.29 is 9.47 Å². The lowest BCUT2D eigenvalue weighted by Gasteiger charge is -2.07. The highest BCUT2D eigenvalue weighted by Crippen LogP contribution is 2.18. The third kappa shape index (κ3) is 4.97. The Bertz CT molecular complexity index is 485. The molecule has 0 heterocycles. The van der Waals surface area contributed by atoms with Crippen molar-refractivity contribution >= 4 is 11.8 Å². The maximum absolute atomic E-state index is 5.74. The van der Waals surface area contributed by atoms with Crippen molar-refractivity contribution in [1.82, 2.24) is 0 Å². The van der Waals surface area contributed by atoms with Gasteiger partial charge in [0.1, 0.15) is 5.75 Å². The first-order valence-corrected chi connectivity index (χ1v) is 7.25. The molecule has 0 saturated carbocycles. The molecule has 0 aliphatic heterocycles. The van der Waals surface area contributed by atoms with Gasteiger partial charge in [0, 0.05) is 17.8 Å². The molecule has 0 aliphatic rings. The second-order valence-corrected chi connectivity index (χ2v) is 5.26. The van der Waals surface area contributed by atoms with Gasteiger partial charge < -0.3 is 9.47 Å². The van der Waals surface area contributed by atoms with Gasteiger partial charge in [-0.2, -0.15) is 0 Å². The minimum atomic E-state index is 0.621. The third-order valence-corrected chi connectivity index (χ3v) is 3.55. The van der Waals surface area contributed by atoms with Crippen molar-refractivity contribution in [2.45, 2.75) is 11.5 Å². The molecule has 0 amide bonds. The zero-order valence-electron chi connectivity index (χ0n) is 11.0. The molecule has 0 aliphatic carbocycles. The Labute approximate surface area is 118 Å². The number of methoxy groups -OCH3 is 1. The van der Waals surface area contributed by atoms with E-state index in [0.29, 0.717) is 13.2 Å². The first kappa shape index (κ1) is 14.0. The molecule has 0 spiro atoms. The number of rotatable bonds is 7. The van der Waals surface area contributed by atoms with Crippen LogP contribution >= 0.6 is 11.8 Å². The lowest BCUT2D eigenvalue weighted by molar-refractivity contribution is 0.184. The first-order chi connectivity index (χ1) is 9.38. The van der Waals surface area contributed by atoms with E-state index in [-0.39, 0.29) is 0 Å². The molecule has 0 N–H and O–H groups in total. The summed E-state index contributed by atoms with van der Waals surface area (Å²) in [6, 6.07) is 18.4. The molecule has 0 unspecified atom stereocenters. The van der Waals surface area contributed by atoms with Crippen LogP contribution in [0.25, 0.3) is 0 Å². The Hall–Kier alpha value is -1.45. The van der Waals surface area contributed by atoms with Crippen LogP contribution in [0.5, 0.6) is 5.75 Å². The summed E-state index contributed by atoms with van der Waals surface area (Å²) in [5.41, 5.74) is 1.13. The van der Waals surface area contributed by atoms with E-state index in [1.54, 1.807) is 18.9 Å². The van der Waals surface area contributed by atoms with Gasteiger partial charge in [-0.3, -0.25) is 0 Å². The molecule has 2 aromatic carbocycles. The normalized spacial score (nSPS) is 10.4. The van der Waals surface area contributed by atoms with Gasteiger partial charge in [-0.25, -0.2) is 0 Å². The molecule has 0 bridgehead atoms. The predicted molar refractivity (Wildman–Crippen MR) is 79.8 cm³/mol. The quantitative estimate of drug-likeness (QED) is 0.561. The van der Waals surface area contributed by atoms with E-state index in [2.05, 4.69) is 24.3 Å². The zero-order chi connectivity index (χ0) is 13.3. The fraction of sp³-hybridized carbons (Fsp3) is 0.250. The van der Waals surface area contributed by atoms with Crippen molar-refractivity contribution in [2.24, 2.45) is 0 Å². The van der Waals surface area contributed by atoms with Crippen LogP contribution in [0.1, 0.15) is 5.56 Å². The third-order valence-electron chi connectivity index (χ3n) is 2.57. The second kappa shape index (κ2) is 7.87. The molecule has 2 rings (SSSR count). The summed E-state index contributed by atoms with van der Waals surface area (Å²) >= 11 is 1.80. The zero-order valence-corrected chi connectivity index (χ0v) is 11.9. The number of ether oxygens (including phenoxy) is 2. The summed E-state index contributed by atoms with van der Waals surface area (Å²) in [7, 11) is 1.70. The van der Waals surface area contributed by atoms with E-state index in [1.165, 1.54) is 4.90 Å². The maximum Gasteiger partial charge on any atom is 0.119 e. The van der Waals surface area contributed by atoms with E-state index >= 15 is 0 Å². The van der Waals surface area contributed by atoms with Crippen LogP contribution in [0, 0.1) is 0 Å². The number of thioether (sulfide) groups is 1. The lowest BCUT2D eigenvalue weighted by atomic mass is 10.2. The van der Waals surface area contributed by atoms with Gasteiger partial charge in [-0.05, 0) is 29.8 Å². The summed E-state index contributed by atoms with van der Waals surface area (Å²) in [5.74, 6) is 1.85. The van der Waals surface area contributed by atoms with Gasteiger partial charge in [0.05, 0.1) is 13.2 Å². The van der Waals surface area contributed by atoms with Crippen LogP contribution in [0.2, 0.25) is 0 Å². The summed E-state index contributed by atoms with van der Waals surface area (Å²) in [6.07, 6.45) is 0. The Morgan fingerprint density at radius 2 is 1.84 bits per heavy atom. The molecule has 100 valence electrons. The van der Waals surface area contributed by atoms with Crippen molar-refractivity contribution in [3.63, 3.8) is 0 Å². The second-order valence-electron chi connectivity index (χ2n) is 4.09. The summed E-state index contributed by atoms with van der Waals surface area (Å²) in [4.78, 5) is 1.28. The highest BCUT2D eigenvalue weighted by atomic mass is 32.2. The summed E-state index contributed by atoms with van der Waals surface area (Å²) < 4.78 is 10.8. The van der Waals surface area contributed by atoms with Crippen LogP contribution in [-0.2, 0) is 11.3 Å². The molecule has 0 fully saturated rings. The van der Waals surface area contributed by atoms with Gasteiger partial charge in [-0.1, -0.05) is 30.3 Å². The molecule has 0 radical (unpaired) electrons. The van der Waals surface area contributed by atoms with Crippen molar-refractivity contribution in [2.75, 3.05) is 19.5 Å². The minimum Gasteiger partial charge on any atom is -0.493 e. The maximum atomic E-state index is 5.74. The smallest absolute Gasteiger partial charge is 0.119 e. The fourth-order valence-electron chi connectivity index (χ4n) is 1.73. The van der Waals surface area contributed by atoms with Gasteiger partial charge in [0.25, 0.3) is 0 Å². The van der Waals surface area contributed by atoms with Gasteiger partial charge >= 0.3 is 0 Å².